The van der Waals surface area contributed by atoms with Crippen molar-refractivity contribution in [1.29, 1.82) is 0 Å². The van der Waals surface area contributed by atoms with Gasteiger partial charge >= 0.3 is 0 Å². The molecule has 8 aromatic carbocycles. The monoisotopic (exact) mass is 1730 g/mol. The summed E-state index contributed by atoms with van der Waals surface area (Å²) in [6.07, 6.45) is 18.5. The van der Waals surface area contributed by atoms with E-state index in [0.717, 1.165) is 155 Å². The van der Waals surface area contributed by atoms with E-state index in [9.17, 15) is 19.2 Å². The standard InChI is InChI=1S/C29H34N6O2.C25H28N6O2.C23H24N6O.C23H21N5O/c1-4-27(36)31-23-6-5-7-24(15-23)32-28-20(3)16-30-29(34-28)33-26-9-8-22(14-19(26)2)21-10-12-35(13-11-21)25-17-37-18-25;1-5-23(32)27-17-7-6-8-18(13-17)28-24-16(2)14-26-25(30-24)29-21-9-10-22(33-4)20-15-31(3)12-11-19(20)21;1-3-21(30)26-17-7-5-8-18(12-17)27-22-15(2)13-25-23(29-22)28-20-9-4-6-16-14-24-11-10-19(16)20;1-4-21(29)25-16-8-7-9-17(12-16)26-22-15(2)13-24-23(27-22)19-14-28(3)20-11-6-5-10-18(19)20/h4-9,14-16,21,25H,1,10-13,17-18H2,2-3H3,(H,31,36)(H2,30,32,33,34);5-10,13-14H,1,11-12,15H2,2-4H3,(H,27,32)(H2,26,28,29,30);3-9,12-13,24H,1,10-11,14H2,2H3,(H,26,30)(H2,25,27,28,29);4-14H,1H2,2-3H3,(H,25,29)(H,24,26,27). The average Bonchev–Trinajstić information content (AvgIpc) is 1.72. The smallest absolute Gasteiger partial charge is 0.247 e. The Balaban J connectivity index is 0.000000140. The third-order valence-electron chi connectivity index (χ3n) is 22.4. The minimum absolute atomic E-state index is 0.251. The van der Waals surface area contributed by atoms with Crippen LogP contribution in [-0.4, -0.2) is 137 Å². The Morgan fingerprint density at radius 3 is 1.38 bits per heavy atom. The first-order valence-electron chi connectivity index (χ1n) is 42.7. The Morgan fingerprint density at radius 2 is 0.907 bits per heavy atom. The lowest BCUT2D eigenvalue weighted by molar-refractivity contribution is -0.112. The number of amides is 4. The Bertz CT molecular complexity index is 6300. The maximum absolute atomic E-state index is 11.6. The van der Waals surface area contributed by atoms with Gasteiger partial charge in [-0.2, -0.15) is 15.0 Å². The Hall–Kier alpha value is -15.3. The largest absolute Gasteiger partial charge is 0.496 e. The SMILES string of the molecule is C=CC(=O)Nc1cccc(Nc2nc(-c3cn(C)c4ccccc34)ncc2C)c1.C=CC(=O)Nc1cccc(Nc2nc(Nc3ccc(C4CCN(C5COC5)CC4)cc3C)ncc2C)c1.C=CC(=O)Nc1cccc(Nc2nc(Nc3ccc(OC)c4c3CCN(C)C4)ncc2C)c1.C=CC(=O)Nc1cccc(Nc2nc(Nc3cccc4c3CCNC4)ncc2C)c1. The highest BCUT2D eigenvalue weighted by Gasteiger charge is 2.31. The fraction of sp³-hybridized carbons (Fsp3) is 0.220. The molecule has 13 aromatic rings. The summed E-state index contributed by atoms with van der Waals surface area (Å²) in [7, 11) is 5.83. The fourth-order valence-corrected chi connectivity index (χ4v) is 15.3. The van der Waals surface area contributed by atoms with Crippen LogP contribution in [0.1, 0.15) is 74.4 Å². The fourth-order valence-electron chi connectivity index (χ4n) is 15.3. The quantitative estimate of drug-likeness (QED) is 0.0224. The molecule has 0 aliphatic carbocycles. The zero-order chi connectivity index (χ0) is 90.5. The number of hydrogen-bond acceptors (Lipinski definition) is 24. The van der Waals surface area contributed by atoms with E-state index in [1.807, 2.05) is 175 Å². The summed E-state index contributed by atoms with van der Waals surface area (Å²) in [5.41, 5.74) is 22.4. The van der Waals surface area contributed by atoms with Gasteiger partial charge in [-0.05, 0) is 248 Å². The van der Waals surface area contributed by atoms with E-state index in [2.05, 4.69) is 186 Å². The molecule has 658 valence electrons. The summed E-state index contributed by atoms with van der Waals surface area (Å²) < 4.78 is 13.0. The van der Waals surface area contributed by atoms with Crippen molar-refractivity contribution in [1.82, 2.24) is 59.6 Å². The van der Waals surface area contributed by atoms with Gasteiger partial charge in [0, 0.05) is 165 Å². The maximum Gasteiger partial charge on any atom is 0.247 e. The number of anilines is 18. The van der Waals surface area contributed by atoms with Gasteiger partial charge in [0.15, 0.2) is 5.82 Å². The molecule has 29 heteroatoms. The van der Waals surface area contributed by atoms with Crippen LogP contribution in [0.3, 0.4) is 0 Å². The summed E-state index contributed by atoms with van der Waals surface area (Å²) in [5, 5.41) is 39.0. The molecule has 17 rings (SSSR count). The van der Waals surface area contributed by atoms with E-state index >= 15 is 0 Å². The van der Waals surface area contributed by atoms with Gasteiger partial charge in [0.25, 0.3) is 0 Å². The lowest BCUT2D eigenvalue weighted by Gasteiger charge is -2.41. The molecule has 0 atom stereocenters. The van der Waals surface area contributed by atoms with E-state index < -0.39 is 0 Å². The summed E-state index contributed by atoms with van der Waals surface area (Å²) in [4.78, 5) is 88.0. The second-order valence-corrected chi connectivity index (χ2v) is 31.7. The summed E-state index contributed by atoms with van der Waals surface area (Å²) >= 11 is 0. The molecule has 9 heterocycles. The number of aryl methyl sites for hydroxylation is 6. The Labute approximate surface area is 751 Å². The number of methoxy groups -OCH3 is 1. The highest BCUT2D eigenvalue weighted by molar-refractivity contribution is 6.01. The molecular weight excluding hydrogens is 1620 g/mol. The summed E-state index contributed by atoms with van der Waals surface area (Å²) in [6.45, 7) is 31.6. The minimum atomic E-state index is -0.258. The molecule has 2 fully saturated rings. The number of carbonyl (C=O) groups is 4. The number of aromatic nitrogens is 9. The van der Waals surface area contributed by atoms with Gasteiger partial charge in [-0.3, -0.25) is 24.1 Å². The number of likely N-dealkylation sites (N-methyl/N-ethyl adjacent to an activating group) is 1. The molecule has 0 saturated carbocycles. The number of carbonyl (C=O) groups excluding carboxylic acids is 4. The van der Waals surface area contributed by atoms with E-state index in [-0.39, 0.29) is 23.6 Å². The van der Waals surface area contributed by atoms with Gasteiger partial charge in [0.1, 0.15) is 29.0 Å². The molecule has 0 spiro atoms. The third kappa shape index (κ3) is 23.6. The molecule has 129 heavy (non-hydrogen) atoms. The zero-order valence-electron chi connectivity index (χ0n) is 73.7. The van der Waals surface area contributed by atoms with Crippen molar-refractivity contribution < 1.29 is 28.7 Å². The van der Waals surface area contributed by atoms with Crippen LogP contribution in [0.5, 0.6) is 5.75 Å². The van der Waals surface area contributed by atoms with Crippen molar-refractivity contribution in [2.75, 3.05) is 112 Å². The Kier molecular flexibility index (Phi) is 29.7. The number of ether oxygens (including phenoxy) is 2. The normalized spacial score (nSPS) is 13.4. The van der Waals surface area contributed by atoms with Gasteiger partial charge in [-0.15, -0.1) is 0 Å². The second-order valence-electron chi connectivity index (χ2n) is 31.7. The predicted molar refractivity (Wildman–Crippen MR) is 517 cm³/mol. The average molecular weight is 1730 g/mol. The van der Waals surface area contributed by atoms with Gasteiger partial charge in [-0.1, -0.05) is 93.0 Å². The molecule has 0 unspecified atom stereocenters. The number of nitrogens with zero attached hydrogens (tertiary/aromatic N) is 11. The number of para-hydroxylation sites is 1. The number of fused-ring (bicyclic) bond motifs is 3. The van der Waals surface area contributed by atoms with Crippen molar-refractivity contribution in [3.63, 3.8) is 0 Å². The van der Waals surface area contributed by atoms with Gasteiger partial charge < -0.3 is 82.7 Å². The first kappa shape index (κ1) is 90.0. The lowest BCUT2D eigenvalue weighted by Crippen LogP contribution is -2.51. The van der Waals surface area contributed by atoms with Crippen LogP contribution >= 0.6 is 0 Å². The highest BCUT2D eigenvalue weighted by Crippen LogP contribution is 2.38. The summed E-state index contributed by atoms with van der Waals surface area (Å²) in [5.74, 6) is 5.51. The van der Waals surface area contributed by atoms with E-state index in [4.69, 9.17) is 24.4 Å². The third-order valence-corrected chi connectivity index (χ3v) is 22.4. The molecule has 29 nitrogen and oxygen atoms in total. The van der Waals surface area contributed by atoms with Crippen LogP contribution in [0.2, 0.25) is 0 Å². The van der Waals surface area contributed by atoms with Gasteiger partial charge in [-0.25, -0.2) is 24.9 Å². The van der Waals surface area contributed by atoms with E-state index in [1.54, 1.807) is 25.7 Å². The van der Waals surface area contributed by atoms with Crippen molar-refractivity contribution in [2.45, 2.75) is 85.4 Å². The van der Waals surface area contributed by atoms with E-state index in [1.165, 1.54) is 70.5 Å². The van der Waals surface area contributed by atoms with Crippen molar-refractivity contribution >= 4 is 138 Å². The Morgan fingerprint density at radius 1 is 0.457 bits per heavy atom. The number of hydrogen-bond donors (Lipinski definition) is 12. The zero-order valence-corrected chi connectivity index (χ0v) is 73.7. The molecule has 0 radical (unpaired) electrons. The molecule has 4 amide bonds. The number of benzene rings is 8. The molecule has 2 saturated heterocycles. The number of nitrogens with one attached hydrogen (secondary N) is 12. The van der Waals surface area contributed by atoms with E-state index in [0.29, 0.717) is 75.8 Å². The number of rotatable bonds is 26. The molecule has 0 bridgehead atoms. The molecule has 5 aromatic heterocycles. The highest BCUT2D eigenvalue weighted by atomic mass is 16.5. The number of piperidine rings is 1. The maximum atomic E-state index is 11.6. The van der Waals surface area contributed by atoms with Crippen molar-refractivity contribution in [3.05, 3.63) is 307 Å². The van der Waals surface area contributed by atoms with Crippen LogP contribution in [0.15, 0.2) is 251 Å². The lowest BCUT2D eigenvalue weighted by atomic mass is 9.87. The van der Waals surface area contributed by atoms with Crippen LogP contribution in [0.4, 0.5) is 104 Å². The molecular formula is C100H107N23O6. The van der Waals surface area contributed by atoms with Crippen LogP contribution < -0.4 is 68.5 Å². The molecule has 4 aliphatic heterocycles. The first-order chi connectivity index (χ1) is 62.6. The predicted octanol–water partition coefficient (Wildman–Crippen LogP) is 18.5. The molecule has 12 N–H and O–H groups in total. The number of likely N-dealkylation sites (tertiary alicyclic amines) is 1. The van der Waals surface area contributed by atoms with Crippen LogP contribution in [0, 0.1) is 34.6 Å². The van der Waals surface area contributed by atoms with Crippen LogP contribution in [0.25, 0.3) is 22.3 Å². The van der Waals surface area contributed by atoms with Gasteiger partial charge in [0.2, 0.25) is 41.5 Å². The van der Waals surface area contributed by atoms with Crippen LogP contribution in [-0.2, 0) is 56.9 Å². The first-order valence-corrected chi connectivity index (χ1v) is 42.7. The molecule has 4 aliphatic rings. The van der Waals surface area contributed by atoms with Crippen molar-refractivity contribution in [2.24, 2.45) is 7.05 Å². The topological polar surface area (TPSA) is 346 Å². The second kappa shape index (κ2) is 42.6. The minimum Gasteiger partial charge on any atom is -0.496 e. The summed E-state index contributed by atoms with van der Waals surface area (Å²) in [6, 6.07) is 55.5. The van der Waals surface area contributed by atoms with Crippen molar-refractivity contribution in [3.8, 4) is 17.1 Å². The van der Waals surface area contributed by atoms with Gasteiger partial charge in [0.05, 0.1) is 26.4 Å².